The highest BCUT2D eigenvalue weighted by molar-refractivity contribution is 5.74. The van der Waals surface area contributed by atoms with Gasteiger partial charge in [0, 0.05) is 38.3 Å². The molecule has 0 spiro atoms. The van der Waals surface area contributed by atoms with Crippen LogP contribution in [0.2, 0.25) is 0 Å². The van der Waals surface area contributed by atoms with Gasteiger partial charge < -0.3 is 40.2 Å². The van der Waals surface area contributed by atoms with Crippen LogP contribution in [0.3, 0.4) is 0 Å². The lowest BCUT2D eigenvalue weighted by Gasteiger charge is -2.14. The normalized spacial score (nSPS) is 11.3. The second-order valence-corrected chi connectivity index (χ2v) is 25.5. The van der Waals surface area contributed by atoms with E-state index in [1.807, 2.05) is 12.1 Å². The molecule has 0 saturated heterocycles. The SMILES string of the molecule is CCCCCCCCCCCCOc1cc(CNC(=O)NCCCCCCCCCCCCNC(=O)NCc2cc(OCCCCCCCCCCCC)cc(OCCCCCCCCCCCC)c2)cc(OCCCCCCCCCCCC)c1. The molecule has 0 atom stereocenters. The Morgan fingerprint density at radius 1 is 0.244 bits per heavy atom. The van der Waals surface area contributed by atoms with Crippen LogP contribution >= 0.6 is 0 Å². The van der Waals surface area contributed by atoms with Gasteiger partial charge in [0.2, 0.25) is 0 Å². The summed E-state index contributed by atoms with van der Waals surface area (Å²) in [6, 6.07) is 12.0. The summed E-state index contributed by atoms with van der Waals surface area (Å²) in [5.41, 5.74) is 2.00. The molecule has 4 amide bonds. The van der Waals surface area contributed by atoms with Crippen molar-refractivity contribution >= 4 is 12.1 Å². The number of carbonyl (C=O) groups excluding carboxylic acids is 2. The fraction of sp³-hybridized carbons (Fsp3) is 0.816. The number of amides is 4. The zero-order chi connectivity index (χ0) is 61.5. The number of hydrogen-bond donors (Lipinski definition) is 4. The highest BCUT2D eigenvalue weighted by atomic mass is 16.5. The molecule has 0 aliphatic carbocycles. The molecule has 0 saturated carbocycles. The van der Waals surface area contributed by atoms with Crippen molar-refractivity contribution in [2.45, 2.75) is 362 Å². The van der Waals surface area contributed by atoms with Gasteiger partial charge in [-0.2, -0.15) is 0 Å². The lowest BCUT2D eigenvalue weighted by molar-refractivity contribution is 0.239. The number of hydrogen-bond acceptors (Lipinski definition) is 6. The van der Waals surface area contributed by atoms with E-state index in [0.717, 1.165) is 85.5 Å². The minimum atomic E-state index is -0.124. The molecule has 0 aliphatic rings. The van der Waals surface area contributed by atoms with Gasteiger partial charge in [-0.25, -0.2) is 9.59 Å². The zero-order valence-corrected chi connectivity index (χ0v) is 56.9. The molecular formula is C76H138N4O6. The molecule has 2 rings (SSSR count). The minimum Gasteiger partial charge on any atom is -0.493 e. The van der Waals surface area contributed by atoms with Crippen LogP contribution in [0.4, 0.5) is 9.59 Å². The molecule has 0 radical (unpaired) electrons. The van der Waals surface area contributed by atoms with Crippen LogP contribution in [0.1, 0.15) is 360 Å². The fourth-order valence-electron chi connectivity index (χ4n) is 11.5. The third kappa shape index (κ3) is 51.1. The van der Waals surface area contributed by atoms with E-state index in [1.165, 1.54) is 270 Å². The summed E-state index contributed by atoms with van der Waals surface area (Å²) in [6.45, 7) is 14.2. The summed E-state index contributed by atoms with van der Waals surface area (Å²) >= 11 is 0. The lowest BCUT2D eigenvalue weighted by Crippen LogP contribution is -2.35. The largest absolute Gasteiger partial charge is 0.493 e. The Labute approximate surface area is 531 Å². The van der Waals surface area contributed by atoms with Crippen LogP contribution in [0.15, 0.2) is 36.4 Å². The molecule has 0 heterocycles. The van der Waals surface area contributed by atoms with Gasteiger partial charge in [0.05, 0.1) is 26.4 Å². The number of unbranched alkanes of at least 4 members (excludes halogenated alkanes) is 45. The zero-order valence-electron chi connectivity index (χ0n) is 56.9. The number of urea groups is 2. The van der Waals surface area contributed by atoms with E-state index in [9.17, 15) is 9.59 Å². The molecule has 0 bridgehead atoms. The quantitative estimate of drug-likeness (QED) is 0.0490. The predicted molar refractivity (Wildman–Crippen MR) is 369 cm³/mol. The molecule has 86 heavy (non-hydrogen) atoms. The predicted octanol–water partition coefficient (Wildman–Crippen LogP) is 23.1. The standard InChI is InChI=1S/C76H138N4O6/c1-5-9-13-17-21-25-33-39-45-51-57-83-71-61-69(62-72(65-71)84-58-52-46-40-34-26-22-18-14-10-6-2)67-79-75(81)77-55-49-43-37-31-29-30-32-38-44-50-56-78-76(82)80-68-70-63-73(85-59-53-47-41-35-27-23-19-15-11-7-3)66-74(64-70)86-60-54-48-42-36-28-24-20-16-12-8-4/h61-66H,5-60,67-68H2,1-4H3,(H2,77,79,81)(H2,78,80,82). The van der Waals surface area contributed by atoms with Gasteiger partial charge in [-0.1, -0.05) is 310 Å². The topological polar surface area (TPSA) is 119 Å². The molecule has 0 fully saturated rings. The molecule has 0 aliphatic heterocycles. The lowest BCUT2D eigenvalue weighted by atomic mass is 10.1. The number of ether oxygens (including phenoxy) is 4. The van der Waals surface area contributed by atoms with Crippen molar-refractivity contribution < 1.29 is 28.5 Å². The average Bonchev–Trinajstić information content (AvgIpc) is 3.71. The Balaban J connectivity index is 1.61. The second-order valence-electron chi connectivity index (χ2n) is 25.5. The van der Waals surface area contributed by atoms with Gasteiger partial charge in [0.25, 0.3) is 0 Å². The highest BCUT2D eigenvalue weighted by Gasteiger charge is 2.10. The first kappa shape index (κ1) is 78.3. The minimum absolute atomic E-state index is 0.124. The molecule has 10 heteroatoms. The third-order valence-corrected chi connectivity index (χ3v) is 17.0. The van der Waals surface area contributed by atoms with Crippen LogP contribution in [-0.2, 0) is 13.1 Å². The highest BCUT2D eigenvalue weighted by Crippen LogP contribution is 2.26. The van der Waals surface area contributed by atoms with Crippen molar-refractivity contribution in [1.82, 2.24) is 21.3 Å². The fourth-order valence-corrected chi connectivity index (χ4v) is 11.5. The summed E-state index contributed by atoms with van der Waals surface area (Å²) in [7, 11) is 0. The van der Waals surface area contributed by atoms with E-state index in [-0.39, 0.29) is 12.1 Å². The third-order valence-electron chi connectivity index (χ3n) is 17.0. The van der Waals surface area contributed by atoms with Crippen molar-refractivity contribution in [2.24, 2.45) is 0 Å². The van der Waals surface area contributed by atoms with Gasteiger partial charge in [-0.3, -0.25) is 0 Å². The van der Waals surface area contributed by atoms with Crippen LogP contribution in [0, 0.1) is 0 Å². The average molecular weight is 1200 g/mol. The van der Waals surface area contributed by atoms with Crippen molar-refractivity contribution in [1.29, 1.82) is 0 Å². The summed E-state index contributed by atoms with van der Waals surface area (Å²) in [4.78, 5) is 25.7. The maximum absolute atomic E-state index is 12.8. The Bertz CT molecular complexity index is 1580. The van der Waals surface area contributed by atoms with Crippen LogP contribution in [0.25, 0.3) is 0 Å². The van der Waals surface area contributed by atoms with Gasteiger partial charge in [0.15, 0.2) is 0 Å². The van der Waals surface area contributed by atoms with E-state index in [1.54, 1.807) is 0 Å². The van der Waals surface area contributed by atoms with E-state index in [0.29, 0.717) is 52.6 Å². The number of benzene rings is 2. The molecule has 0 aromatic heterocycles. The summed E-state index contributed by atoms with van der Waals surface area (Å²) in [6.07, 6.45) is 63.7. The van der Waals surface area contributed by atoms with E-state index in [2.05, 4.69) is 73.2 Å². The first-order chi connectivity index (χ1) is 42.5. The van der Waals surface area contributed by atoms with Crippen molar-refractivity contribution in [3.8, 4) is 23.0 Å². The molecule has 4 N–H and O–H groups in total. The first-order valence-corrected chi connectivity index (χ1v) is 37.3. The summed E-state index contributed by atoms with van der Waals surface area (Å²) in [5.74, 6) is 3.32. The van der Waals surface area contributed by atoms with Crippen molar-refractivity contribution in [2.75, 3.05) is 39.5 Å². The van der Waals surface area contributed by atoms with Gasteiger partial charge in [0.1, 0.15) is 23.0 Å². The Morgan fingerprint density at radius 3 is 0.640 bits per heavy atom. The molecule has 498 valence electrons. The number of nitrogens with one attached hydrogen (secondary N) is 4. The smallest absolute Gasteiger partial charge is 0.315 e. The molecule has 0 unspecified atom stereocenters. The molecule has 10 nitrogen and oxygen atoms in total. The molecular weight excluding hydrogens is 1060 g/mol. The maximum atomic E-state index is 12.8. The Hall–Kier alpha value is -3.82. The van der Waals surface area contributed by atoms with Crippen LogP contribution < -0.4 is 40.2 Å². The van der Waals surface area contributed by atoms with E-state index < -0.39 is 0 Å². The summed E-state index contributed by atoms with van der Waals surface area (Å²) in [5, 5.41) is 12.3. The maximum Gasteiger partial charge on any atom is 0.315 e. The van der Waals surface area contributed by atoms with Crippen LogP contribution in [0.5, 0.6) is 23.0 Å². The van der Waals surface area contributed by atoms with E-state index in [4.69, 9.17) is 18.9 Å². The monoisotopic (exact) mass is 1200 g/mol. The van der Waals surface area contributed by atoms with Crippen LogP contribution in [-0.4, -0.2) is 51.6 Å². The second kappa shape index (κ2) is 61.4. The number of rotatable bonds is 65. The van der Waals surface area contributed by atoms with Crippen molar-refractivity contribution in [3.05, 3.63) is 47.5 Å². The van der Waals surface area contributed by atoms with Gasteiger partial charge in [-0.15, -0.1) is 0 Å². The Morgan fingerprint density at radius 2 is 0.430 bits per heavy atom. The molecule has 2 aromatic rings. The van der Waals surface area contributed by atoms with E-state index >= 15 is 0 Å². The first-order valence-electron chi connectivity index (χ1n) is 37.3. The summed E-state index contributed by atoms with van der Waals surface area (Å²) < 4.78 is 25.1. The van der Waals surface area contributed by atoms with Gasteiger partial charge in [-0.05, 0) is 73.9 Å². The Kier molecular flexibility index (Phi) is 55.9. The van der Waals surface area contributed by atoms with Crippen molar-refractivity contribution in [3.63, 3.8) is 0 Å². The van der Waals surface area contributed by atoms with Gasteiger partial charge >= 0.3 is 12.1 Å². The molecule has 2 aromatic carbocycles. The number of carbonyl (C=O) groups is 2.